The summed E-state index contributed by atoms with van der Waals surface area (Å²) in [5.74, 6) is 0.319. The molecule has 5 nitrogen and oxygen atoms in total. The van der Waals surface area contributed by atoms with E-state index in [0.29, 0.717) is 6.54 Å². The zero-order valence-electron chi connectivity index (χ0n) is 8.68. The molecule has 0 spiro atoms. The Labute approximate surface area is 88.1 Å². The molecule has 1 aromatic heterocycles. The van der Waals surface area contributed by atoms with Gasteiger partial charge in [0.15, 0.2) is 0 Å². The molecule has 1 aliphatic heterocycles. The molecule has 1 aromatic rings. The second-order valence-corrected chi connectivity index (χ2v) is 4.06. The molecule has 1 fully saturated rings. The van der Waals surface area contributed by atoms with E-state index in [-0.39, 0.29) is 12.0 Å². The lowest BCUT2D eigenvalue weighted by Crippen LogP contribution is -2.38. The van der Waals surface area contributed by atoms with Gasteiger partial charge in [-0.15, -0.1) is 0 Å². The van der Waals surface area contributed by atoms with Crippen LogP contribution in [0.15, 0.2) is 12.4 Å². The van der Waals surface area contributed by atoms with Crippen molar-refractivity contribution < 1.29 is 9.90 Å². The number of nitrogens with zero attached hydrogens (tertiary/aromatic N) is 2. The van der Waals surface area contributed by atoms with Gasteiger partial charge in [-0.3, -0.25) is 9.69 Å². The maximum Gasteiger partial charge on any atom is 0.321 e. The predicted molar refractivity (Wildman–Crippen MR) is 54.2 cm³/mol. The fraction of sp³-hybridized carbons (Fsp3) is 0.600. The Balaban J connectivity index is 2.06. The number of hydrogen-bond acceptors (Lipinski definition) is 3. The minimum absolute atomic E-state index is 0.220. The molecule has 2 heterocycles. The zero-order chi connectivity index (χ0) is 10.8. The normalized spacial score (nSPS) is 27.0. The monoisotopic (exact) mass is 209 g/mol. The number of aromatic amines is 1. The van der Waals surface area contributed by atoms with E-state index in [9.17, 15) is 4.79 Å². The SMILES string of the molecule is CC1CCN(Cc2ncc[nH]2)C1C(=O)O. The van der Waals surface area contributed by atoms with Gasteiger partial charge in [-0.2, -0.15) is 0 Å². The molecule has 0 bridgehead atoms. The number of carboxylic acid groups (broad SMARTS) is 1. The van der Waals surface area contributed by atoms with Gasteiger partial charge in [0.05, 0.1) is 6.54 Å². The van der Waals surface area contributed by atoms with Crippen molar-refractivity contribution in [3.63, 3.8) is 0 Å². The number of H-pyrrole nitrogens is 1. The summed E-state index contributed by atoms with van der Waals surface area (Å²) in [7, 11) is 0. The van der Waals surface area contributed by atoms with E-state index in [1.54, 1.807) is 12.4 Å². The summed E-state index contributed by atoms with van der Waals surface area (Å²) < 4.78 is 0. The highest BCUT2D eigenvalue weighted by atomic mass is 16.4. The summed E-state index contributed by atoms with van der Waals surface area (Å²) in [5, 5.41) is 9.11. The Morgan fingerprint density at radius 3 is 3.20 bits per heavy atom. The van der Waals surface area contributed by atoms with Crippen LogP contribution in [0.3, 0.4) is 0 Å². The van der Waals surface area contributed by atoms with Gasteiger partial charge in [-0.25, -0.2) is 4.98 Å². The van der Waals surface area contributed by atoms with Gasteiger partial charge < -0.3 is 10.1 Å². The third-order valence-corrected chi connectivity index (χ3v) is 2.96. The van der Waals surface area contributed by atoms with Crippen molar-refractivity contribution >= 4 is 5.97 Å². The molecule has 5 heteroatoms. The Morgan fingerprint density at radius 1 is 1.80 bits per heavy atom. The van der Waals surface area contributed by atoms with Crippen molar-refractivity contribution in [3.05, 3.63) is 18.2 Å². The largest absolute Gasteiger partial charge is 0.480 e. The van der Waals surface area contributed by atoms with Crippen LogP contribution in [0.1, 0.15) is 19.2 Å². The first-order valence-electron chi connectivity index (χ1n) is 5.13. The first kappa shape index (κ1) is 10.2. The average Bonchev–Trinajstić information content (AvgIpc) is 2.76. The summed E-state index contributed by atoms with van der Waals surface area (Å²) in [5.41, 5.74) is 0. The van der Waals surface area contributed by atoms with E-state index in [2.05, 4.69) is 9.97 Å². The van der Waals surface area contributed by atoms with E-state index in [1.165, 1.54) is 0 Å². The van der Waals surface area contributed by atoms with E-state index >= 15 is 0 Å². The van der Waals surface area contributed by atoms with Gasteiger partial charge in [0.1, 0.15) is 11.9 Å². The topological polar surface area (TPSA) is 69.2 Å². The summed E-state index contributed by atoms with van der Waals surface area (Å²) in [6.45, 7) is 3.41. The first-order chi connectivity index (χ1) is 7.18. The van der Waals surface area contributed by atoms with Gasteiger partial charge in [-0.1, -0.05) is 6.92 Å². The number of carboxylic acids is 1. The average molecular weight is 209 g/mol. The van der Waals surface area contributed by atoms with Crippen LogP contribution < -0.4 is 0 Å². The summed E-state index contributed by atoms with van der Waals surface area (Å²) in [6.07, 6.45) is 4.38. The maximum absolute atomic E-state index is 11.1. The molecule has 1 saturated heterocycles. The number of nitrogens with one attached hydrogen (secondary N) is 1. The van der Waals surface area contributed by atoms with Gasteiger partial charge in [-0.05, 0) is 18.9 Å². The van der Waals surface area contributed by atoms with Crippen LogP contribution >= 0.6 is 0 Å². The second kappa shape index (κ2) is 4.02. The minimum Gasteiger partial charge on any atom is -0.480 e. The molecule has 2 N–H and O–H groups in total. The van der Waals surface area contributed by atoms with Crippen LogP contribution in [-0.4, -0.2) is 38.5 Å². The molecule has 2 atom stereocenters. The molecule has 0 aliphatic carbocycles. The molecule has 0 radical (unpaired) electrons. The molecule has 15 heavy (non-hydrogen) atoms. The fourth-order valence-corrected chi connectivity index (χ4v) is 2.18. The number of imidazole rings is 1. The fourth-order valence-electron chi connectivity index (χ4n) is 2.18. The smallest absolute Gasteiger partial charge is 0.321 e. The molecule has 0 aromatic carbocycles. The van der Waals surface area contributed by atoms with E-state index in [0.717, 1.165) is 18.8 Å². The Kier molecular flexibility index (Phi) is 2.73. The molecule has 0 amide bonds. The van der Waals surface area contributed by atoms with Crippen molar-refractivity contribution in [3.8, 4) is 0 Å². The van der Waals surface area contributed by atoms with Crippen molar-refractivity contribution in [1.29, 1.82) is 0 Å². The van der Waals surface area contributed by atoms with Gasteiger partial charge in [0, 0.05) is 12.4 Å². The number of aliphatic carboxylic acids is 1. The van der Waals surface area contributed by atoms with Crippen LogP contribution in [0.5, 0.6) is 0 Å². The summed E-state index contributed by atoms with van der Waals surface area (Å²) in [4.78, 5) is 20.1. The van der Waals surface area contributed by atoms with E-state index in [4.69, 9.17) is 5.11 Å². The van der Waals surface area contributed by atoms with Gasteiger partial charge >= 0.3 is 5.97 Å². The highest BCUT2D eigenvalue weighted by Gasteiger charge is 2.36. The zero-order valence-corrected chi connectivity index (χ0v) is 8.68. The summed E-state index contributed by atoms with van der Waals surface area (Å²) in [6, 6.07) is -0.366. The summed E-state index contributed by atoms with van der Waals surface area (Å²) >= 11 is 0. The number of hydrogen-bond donors (Lipinski definition) is 2. The van der Waals surface area contributed by atoms with Crippen molar-refractivity contribution in [2.45, 2.75) is 25.9 Å². The predicted octanol–water partition coefficient (Wildman–Crippen LogP) is 0.705. The lowest BCUT2D eigenvalue weighted by Gasteiger charge is -2.21. The van der Waals surface area contributed by atoms with Gasteiger partial charge in [0.25, 0.3) is 0 Å². The molecule has 2 rings (SSSR count). The molecule has 1 aliphatic rings. The third kappa shape index (κ3) is 2.02. The Hall–Kier alpha value is -1.36. The number of carbonyl (C=O) groups is 1. The van der Waals surface area contributed by atoms with E-state index in [1.807, 2.05) is 11.8 Å². The van der Waals surface area contributed by atoms with Crippen molar-refractivity contribution in [2.24, 2.45) is 5.92 Å². The van der Waals surface area contributed by atoms with Crippen LogP contribution in [0, 0.1) is 5.92 Å². The number of likely N-dealkylation sites (tertiary alicyclic amines) is 1. The first-order valence-corrected chi connectivity index (χ1v) is 5.13. The lowest BCUT2D eigenvalue weighted by molar-refractivity contribution is -0.143. The van der Waals surface area contributed by atoms with E-state index < -0.39 is 5.97 Å². The van der Waals surface area contributed by atoms with Gasteiger partial charge in [0.2, 0.25) is 0 Å². The van der Waals surface area contributed by atoms with Crippen molar-refractivity contribution in [2.75, 3.05) is 6.54 Å². The Bertz CT molecular complexity index is 336. The maximum atomic E-state index is 11.1. The molecule has 82 valence electrons. The third-order valence-electron chi connectivity index (χ3n) is 2.96. The van der Waals surface area contributed by atoms with Crippen LogP contribution in [0.25, 0.3) is 0 Å². The van der Waals surface area contributed by atoms with Crippen LogP contribution in [0.4, 0.5) is 0 Å². The highest BCUT2D eigenvalue weighted by Crippen LogP contribution is 2.25. The van der Waals surface area contributed by atoms with Crippen LogP contribution in [-0.2, 0) is 11.3 Å². The number of rotatable bonds is 3. The lowest BCUT2D eigenvalue weighted by atomic mass is 10.0. The highest BCUT2D eigenvalue weighted by molar-refractivity contribution is 5.74. The molecule has 2 unspecified atom stereocenters. The molecule has 0 saturated carbocycles. The molecular weight excluding hydrogens is 194 g/mol. The standard InChI is InChI=1S/C10H15N3O2/c1-7-2-5-13(9(7)10(14)15)6-8-11-3-4-12-8/h3-4,7,9H,2,5-6H2,1H3,(H,11,12)(H,14,15). The number of aromatic nitrogens is 2. The van der Waals surface area contributed by atoms with Crippen LogP contribution in [0.2, 0.25) is 0 Å². The molecular formula is C10H15N3O2. The van der Waals surface area contributed by atoms with Crippen molar-refractivity contribution in [1.82, 2.24) is 14.9 Å². The Morgan fingerprint density at radius 2 is 2.60 bits per heavy atom. The minimum atomic E-state index is -0.730. The second-order valence-electron chi connectivity index (χ2n) is 4.06. The quantitative estimate of drug-likeness (QED) is 0.769.